The zero-order valence-corrected chi connectivity index (χ0v) is 19.1. The molecular formula is C27H25FN4O. The lowest BCUT2D eigenvalue weighted by atomic mass is 9.90. The third-order valence-corrected chi connectivity index (χ3v) is 5.80. The molecule has 2 aromatic carbocycles. The summed E-state index contributed by atoms with van der Waals surface area (Å²) < 4.78 is 16.4. The van der Waals surface area contributed by atoms with Gasteiger partial charge >= 0.3 is 0 Å². The minimum Gasteiger partial charge on any atom is -0.382 e. The molecule has 3 aromatic rings. The second kappa shape index (κ2) is 8.51. The summed E-state index contributed by atoms with van der Waals surface area (Å²) in [6.07, 6.45) is 1.78. The smallest absolute Gasteiger partial charge is 0.253 e. The highest BCUT2D eigenvalue weighted by Gasteiger charge is 2.39. The fourth-order valence-electron chi connectivity index (χ4n) is 4.09. The van der Waals surface area contributed by atoms with Crippen molar-refractivity contribution in [2.45, 2.75) is 39.9 Å². The Kier molecular flexibility index (Phi) is 5.73. The van der Waals surface area contributed by atoms with Crippen molar-refractivity contribution < 1.29 is 4.39 Å². The van der Waals surface area contributed by atoms with Crippen LogP contribution in [0.1, 0.15) is 43.0 Å². The number of nitrogens with two attached hydrogens (primary N) is 1. The highest BCUT2D eigenvalue weighted by molar-refractivity contribution is 6.41. The molecule has 1 atom stereocenters. The van der Waals surface area contributed by atoms with Gasteiger partial charge in [0.25, 0.3) is 5.56 Å². The summed E-state index contributed by atoms with van der Waals surface area (Å²) in [4.78, 5) is 22.1. The normalized spacial score (nSPS) is 17.2. The molecule has 33 heavy (non-hydrogen) atoms. The number of nitrogens with zero attached hydrogens (tertiary/aromatic N) is 3. The SMILES string of the molecule is CC#Cc1ccc(F)c(-c2cccc(C3(c4cc(C)c(=O)n(CC)c4)N=C(C)C(N)=N3)c2)c1. The van der Waals surface area contributed by atoms with Crippen LogP contribution in [0.25, 0.3) is 11.1 Å². The molecule has 4 rings (SSSR count). The number of hydrogen-bond acceptors (Lipinski definition) is 4. The number of aryl methyl sites for hydroxylation is 2. The van der Waals surface area contributed by atoms with Crippen LogP contribution in [0.15, 0.2) is 69.5 Å². The summed E-state index contributed by atoms with van der Waals surface area (Å²) in [5.41, 5.74) is 9.47. The maximum absolute atomic E-state index is 14.8. The number of aromatic nitrogens is 1. The summed E-state index contributed by atoms with van der Waals surface area (Å²) in [5.74, 6) is 5.81. The van der Waals surface area contributed by atoms with E-state index in [1.165, 1.54) is 6.07 Å². The van der Waals surface area contributed by atoms with Gasteiger partial charge in [-0.05, 0) is 63.6 Å². The molecule has 1 unspecified atom stereocenters. The highest BCUT2D eigenvalue weighted by atomic mass is 19.1. The van der Waals surface area contributed by atoms with E-state index in [9.17, 15) is 9.18 Å². The van der Waals surface area contributed by atoms with Crippen molar-refractivity contribution >= 4 is 11.5 Å². The van der Waals surface area contributed by atoms with Gasteiger partial charge in [0, 0.05) is 40.6 Å². The molecule has 0 spiro atoms. The van der Waals surface area contributed by atoms with Gasteiger partial charge in [-0.1, -0.05) is 24.1 Å². The standard InChI is InChI=1S/C27H25FN4O/c1-5-8-19-11-12-24(28)23(14-19)20-9-7-10-21(15-20)27(30-18(4)25(29)31-27)22-13-17(3)26(33)32(6-2)16-22/h7,9-16H,6H2,1-4H3,(H2,29,31). The molecule has 2 heterocycles. The molecule has 6 heteroatoms. The van der Waals surface area contributed by atoms with Crippen molar-refractivity contribution in [3.63, 3.8) is 0 Å². The van der Waals surface area contributed by atoms with Gasteiger partial charge in [0.1, 0.15) is 11.7 Å². The van der Waals surface area contributed by atoms with Crippen molar-refractivity contribution in [2.75, 3.05) is 0 Å². The first kappa shape index (κ1) is 22.2. The van der Waals surface area contributed by atoms with Gasteiger partial charge in [0.05, 0.1) is 5.71 Å². The lowest BCUT2D eigenvalue weighted by Gasteiger charge is -2.26. The van der Waals surface area contributed by atoms with Gasteiger partial charge in [-0.2, -0.15) is 0 Å². The third kappa shape index (κ3) is 3.87. The van der Waals surface area contributed by atoms with E-state index < -0.39 is 5.66 Å². The zero-order chi connectivity index (χ0) is 23.8. The van der Waals surface area contributed by atoms with Crippen molar-refractivity contribution in [3.8, 4) is 23.0 Å². The largest absolute Gasteiger partial charge is 0.382 e. The van der Waals surface area contributed by atoms with Crippen molar-refractivity contribution in [1.29, 1.82) is 0 Å². The Morgan fingerprint density at radius 3 is 2.55 bits per heavy atom. The molecule has 0 saturated heterocycles. The second-order valence-electron chi connectivity index (χ2n) is 8.02. The third-order valence-electron chi connectivity index (χ3n) is 5.80. The quantitative estimate of drug-likeness (QED) is 0.611. The number of rotatable bonds is 4. The molecule has 5 nitrogen and oxygen atoms in total. The predicted molar refractivity (Wildman–Crippen MR) is 131 cm³/mol. The van der Waals surface area contributed by atoms with E-state index >= 15 is 0 Å². The Morgan fingerprint density at radius 2 is 1.88 bits per heavy atom. The van der Waals surface area contributed by atoms with E-state index in [0.717, 1.165) is 16.7 Å². The maximum Gasteiger partial charge on any atom is 0.253 e. The molecule has 1 aromatic heterocycles. The number of halogens is 1. The highest BCUT2D eigenvalue weighted by Crippen LogP contribution is 2.40. The lowest BCUT2D eigenvalue weighted by Crippen LogP contribution is -2.28. The van der Waals surface area contributed by atoms with Crippen molar-refractivity contribution in [2.24, 2.45) is 15.7 Å². The molecule has 166 valence electrons. The topological polar surface area (TPSA) is 72.7 Å². The summed E-state index contributed by atoms with van der Waals surface area (Å²) >= 11 is 0. The van der Waals surface area contributed by atoms with Gasteiger partial charge in [-0.3, -0.25) is 4.79 Å². The molecule has 0 bridgehead atoms. The average Bonchev–Trinajstić information content (AvgIpc) is 3.12. The van der Waals surface area contributed by atoms with Crippen LogP contribution in [0.4, 0.5) is 4.39 Å². The van der Waals surface area contributed by atoms with E-state index in [4.69, 9.17) is 15.7 Å². The Labute approximate surface area is 192 Å². The van der Waals surface area contributed by atoms with E-state index in [-0.39, 0.29) is 11.4 Å². The Morgan fingerprint density at radius 1 is 1.09 bits per heavy atom. The fraction of sp³-hybridized carbons (Fsp3) is 0.222. The maximum atomic E-state index is 14.8. The van der Waals surface area contributed by atoms with Crippen LogP contribution in [-0.2, 0) is 12.2 Å². The Balaban J connectivity index is 1.96. The van der Waals surface area contributed by atoms with Crippen LogP contribution in [0.5, 0.6) is 0 Å². The van der Waals surface area contributed by atoms with Gasteiger partial charge in [-0.25, -0.2) is 14.4 Å². The molecule has 2 N–H and O–H groups in total. The van der Waals surface area contributed by atoms with Crippen LogP contribution in [0.3, 0.4) is 0 Å². The monoisotopic (exact) mass is 440 g/mol. The van der Waals surface area contributed by atoms with Gasteiger partial charge in [-0.15, -0.1) is 5.92 Å². The second-order valence-corrected chi connectivity index (χ2v) is 8.02. The number of hydrogen-bond donors (Lipinski definition) is 1. The first-order chi connectivity index (χ1) is 15.8. The lowest BCUT2D eigenvalue weighted by molar-refractivity contribution is 0.571. The van der Waals surface area contributed by atoms with Crippen LogP contribution >= 0.6 is 0 Å². The number of benzene rings is 2. The van der Waals surface area contributed by atoms with Crippen molar-refractivity contribution in [3.05, 3.63) is 93.2 Å². The first-order valence-electron chi connectivity index (χ1n) is 10.8. The summed E-state index contributed by atoms with van der Waals surface area (Å²) in [6, 6.07) is 14.1. The van der Waals surface area contributed by atoms with E-state index in [1.807, 2.05) is 31.2 Å². The summed E-state index contributed by atoms with van der Waals surface area (Å²) in [6.45, 7) is 7.75. The van der Waals surface area contributed by atoms with E-state index in [0.29, 0.717) is 34.8 Å². The zero-order valence-electron chi connectivity index (χ0n) is 19.1. The minimum absolute atomic E-state index is 0.0586. The summed E-state index contributed by atoms with van der Waals surface area (Å²) in [5, 5.41) is 0. The van der Waals surface area contributed by atoms with Crippen LogP contribution < -0.4 is 11.3 Å². The van der Waals surface area contributed by atoms with E-state index in [2.05, 4.69) is 11.8 Å². The average molecular weight is 441 g/mol. The van der Waals surface area contributed by atoms with E-state index in [1.54, 1.807) is 49.7 Å². The van der Waals surface area contributed by atoms with Gasteiger partial charge in [0.2, 0.25) is 5.66 Å². The van der Waals surface area contributed by atoms with Crippen LogP contribution in [0, 0.1) is 24.6 Å². The molecule has 1 aliphatic rings. The van der Waals surface area contributed by atoms with Crippen molar-refractivity contribution in [1.82, 2.24) is 4.57 Å². The van der Waals surface area contributed by atoms with Crippen LogP contribution in [-0.4, -0.2) is 16.1 Å². The molecule has 0 radical (unpaired) electrons. The molecular weight excluding hydrogens is 415 g/mol. The number of amidine groups is 1. The first-order valence-corrected chi connectivity index (χ1v) is 10.8. The fourth-order valence-corrected chi connectivity index (χ4v) is 4.09. The predicted octanol–water partition coefficient (Wildman–Crippen LogP) is 4.39. The number of pyridine rings is 1. The molecule has 0 aliphatic carbocycles. The van der Waals surface area contributed by atoms with Gasteiger partial charge < -0.3 is 10.3 Å². The number of aliphatic imine (C=N–C) groups is 2. The van der Waals surface area contributed by atoms with Gasteiger partial charge in [0.15, 0.2) is 0 Å². The van der Waals surface area contributed by atoms with Crippen LogP contribution in [0.2, 0.25) is 0 Å². The Bertz CT molecular complexity index is 1420. The molecule has 0 saturated carbocycles. The Hall–Kier alpha value is -3.98. The molecule has 0 fully saturated rings. The summed E-state index contributed by atoms with van der Waals surface area (Å²) in [7, 11) is 0. The molecule has 0 amide bonds. The molecule has 1 aliphatic heterocycles. The minimum atomic E-state index is -1.16.